The average Bonchev–Trinajstić information content (AvgIpc) is 2.88. The molecule has 21 heavy (non-hydrogen) atoms. The number of anilines is 1. The zero-order valence-corrected chi connectivity index (χ0v) is 13.2. The lowest BCUT2D eigenvalue weighted by atomic mass is 10.2. The lowest BCUT2D eigenvalue weighted by molar-refractivity contribution is -0.131. The molecule has 2 aromatic rings. The number of carbonyl (C=O) groups is 2. The van der Waals surface area contributed by atoms with E-state index in [-0.39, 0.29) is 11.8 Å². The monoisotopic (exact) mass is 305 g/mol. The fourth-order valence-electron chi connectivity index (χ4n) is 1.99. The number of nitrogens with one attached hydrogen (secondary N) is 1. The van der Waals surface area contributed by atoms with E-state index in [9.17, 15) is 9.59 Å². The molecule has 6 heteroatoms. The van der Waals surface area contributed by atoms with E-state index in [1.165, 1.54) is 11.3 Å². The fraction of sp³-hybridized carbons (Fsp3) is 0.333. The number of fused-ring (bicyclic) bond motifs is 1. The van der Waals surface area contributed by atoms with E-state index < -0.39 is 6.04 Å². The van der Waals surface area contributed by atoms with Crippen molar-refractivity contribution < 1.29 is 9.59 Å². The Hall–Kier alpha value is -2.08. The zero-order valence-electron chi connectivity index (χ0n) is 12.3. The SMILES string of the molecule is CCN(C)C(=O)C(C)NC(=O)c1cc2cc(N)ccc2s1. The van der Waals surface area contributed by atoms with Gasteiger partial charge < -0.3 is 16.0 Å². The largest absolute Gasteiger partial charge is 0.399 e. The first-order chi connectivity index (χ1) is 9.92. The van der Waals surface area contributed by atoms with Crippen molar-refractivity contribution in [1.29, 1.82) is 0 Å². The van der Waals surface area contributed by atoms with Crippen molar-refractivity contribution in [3.05, 3.63) is 29.1 Å². The van der Waals surface area contributed by atoms with Gasteiger partial charge in [0.15, 0.2) is 0 Å². The van der Waals surface area contributed by atoms with Crippen molar-refractivity contribution in [2.24, 2.45) is 0 Å². The van der Waals surface area contributed by atoms with Gasteiger partial charge in [-0.3, -0.25) is 9.59 Å². The molecule has 1 aromatic heterocycles. The lowest BCUT2D eigenvalue weighted by Gasteiger charge is -2.20. The van der Waals surface area contributed by atoms with Crippen molar-refractivity contribution in [2.75, 3.05) is 19.3 Å². The van der Waals surface area contributed by atoms with Crippen LogP contribution in [0.2, 0.25) is 0 Å². The minimum absolute atomic E-state index is 0.101. The van der Waals surface area contributed by atoms with E-state index in [1.54, 1.807) is 24.9 Å². The summed E-state index contributed by atoms with van der Waals surface area (Å²) in [6.07, 6.45) is 0. The van der Waals surface area contributed by atoms with Gasteiger partial charge in [-0.25, -0.2) is 0 Å². The number of benzene rings is 1. The molecular formula is C15H19N3O2S. The van der Waals surface area contributed by atoms with Crippen LogP contribution in [0, 0.1) is 0 Å². The molecule has 0 aliphatic rings. The van der Waals surface area contributed by atoms with E-state index >= 15 is 0 Å². The molecule has 0 aliphatic carbocycles. The quantitative estimate of drug-likeness (QED) is 0.849. The van der Waals surface area contributed by atoms with Gasteiger partial charge in [-0.05, 0) is 43.5 Å². The van der Waals surface area contributed by atoms with E-state index in [1.807, 2.05) is 25.1 Å². The molecule has 2 rings (SSSR count). The van der Waals surface area contributed by atoms with E-state index in [0.717, 1.165) is 10.1 Å². The zero-order chi connectivity index (χ0) is 15.6. The number of amides is 2. The minimum Gasteiger partial charge on any atom is -0.399 e. The average molecular weight is 305 g/mol. The number of nitrogens with zero attached hydrogens (tertiary/aromatic N) is 1. The Balaban J connectivity index is 2.13. The molecule has 3 N–H and O–H groups in total. The van der Waals surface area contributed by atoms with Crippen molar-refractivity contribution >= 4 is 38.9 Å². The van der Waals surface area contributed by atoms with Gasteiger partial charge in [0.1, 0.15) is 6.04 Å². The molecular weight excluding hydrogens is 286 g/mol. The van der Waals surface area contributed by atoms with Gasteiger partial charge in [-0.15, -0.1) is 11.3 Å². The van der Waals surface area contributed by atoms with Gasteiger partial charge >= 0.3 is 0 Å². The molecule has 5 nitrogen and oxygen atoms in total. The van der Waals surface area contributed by atoms with Crippen molar-refractivity contribution in [3.8, 4) is 0 Å². The van der Waals surface area contributed by atoms with Gasteiger partial charge in [-0.1, -0.05) is 0 Å². The smallest absolute Gasteiger partial charge is 0.262 e. The Morgan fingerprint density at radius 3 is 2.76 bits per heavy atom. The second-order valence-corrected chi connectivity index (χ2v) is 6.04. The molecule has 1 aromatic carbocycles. The van der Waals surface area contributed by atoms with Crippen LogP contribution in [0.25, 0.3) is 10.1 Å². The summed E-state index contributed by atoms with van der Waals surface area (Å²) in [4.78, 5) is 26.3. The summed E-state index contributed by atoms with van der Waals surface area (Å²) < 4.78 is 0.999. The van der Waals surface area contributed by atoms with Crippen LogP contribution in [0.5, 0.6) is 0 Å². The van der Waals surface area contributed by atoms with Crippen molar-refractivity contribution in [3.63, 3.8) is 0 Å². The fourth-order valence-corrected chi connectivity index (χ4v) is 2.94. The summed E-state index contributed by atoms with van der Waals surface area (Å²) in [7, 11) is 1.72. The third-order valence-corrected chi connectivity index (χ3v) is 4.45. The van der Waals surface area contributed by atoms with E-state index in [2.05, 4.69) is 5.32 Å². The summed E-state index contributed by atoms with van der Waals surface area (Å²) in [5.74, 6) is -0.337. The number of likely N-dealkylation sites (N-methyl/N-ethyl adjacent to an activating group) is 1. The number of thiophene rings is 1. The topological polar surface area (TPSA) is 75.4 Å². The third kappa shape index (κ3) is 3.33. The minimum atomic E-state index is -0.544. The lowest BCUT2D eigenvalue weighted by Crippen LogP contribution is -2.45. The molecule has 0 spiro atoms. The summed E-state index contributed by atoms with van der Waals surface area (Å²) in [6.45, 7) is 4.20. The molecule has 2 amide bonds. The van der Waals surface area contributed by atoms with Crippen LogP contribution in [-0.4, -0.2) is 36.3 Å². The second kappa shape index (κ2) is 6.13. The maximum Gasteiger partial charge on any atom is 0.262 e. The maximum atomic E-state index is 12.2. The van der Waals surface area contributed by atoms with E-state index in [4.69, 9.17) is 5.73 Å². The number of nitrogen functional groups attached to an aromatic ring is 1. The molecule has 1 heterocycles. The Bertz CT molecular complexity index is 681. The molecule has 0 aliphatic heterocycles. The predicted octanol–water partition coefficient (Wildman–Crippen LogP) is 2.08. The molecule has 0 bridgehead atoms. The van der Waals surface area contributed by atoms with Crippen LogP contribution in [0.3, 0.4) is 0 Å². The van der Waals surface area contributed by atoms with Crippen LogP contribution in [0.4, 0.5) is 5.69 Å². The number of hydrogen-bond acceptors (Lipinski definition) is 4. The predicted molar refractivity (Wildman–Crippen MR) is 86.5 cm³/mol. The summed E-state index contributed by atoms with van der Waals surface area (Å²) in [5, 5.41) is 3.68. The number of rotatable bonds is 4. The number of nitrogens with two attached hydrogens (primary N) is 1. The molecule has 0 saturated heterocycles. The molecule has 0 fully saturated rings. The van der Waals surface area contributed by atoms with E-state index in [0.29, 0.717) is 17.1 Å². The first-order valence-corrected chi connectivity index (χ1v) is 7.59. The molecule has 0 radical (unpaired) electrons. The first-order valence-electron chi connectivity index (χ1n) is 6.77. The van der Waals surface area contributed by atoms with Gasteiger partial charge in [0.25, 0.3) is 5.91 Å². The first kappa shape index (κ1) is 15.3. The number of carbonyl (C=O) groups excluding carboxylic acids is 2. The van der Waals surface area contributed by atoms with Crippen LogP contribution in [-0.2, 0) is 4.79 Å². The van der Waals surface area contributed by atoms with Gasteiger partial charge in [0.05, 0.1) is 4.88 Å². The highest BCUT2D eigenvalue weighted by atomic mass is 32.1. The Morgan fingerprint density at radius 2 is 2.10 bits per heavy atom. The maximum absolute atomic E-state index is 12.2. The van der Waals surface area contributed by atoms with Gasteiger partial charge in [0, 0.05) is 24.0 Å². The van der Waals surface area contributed by atoms with Crippen LogP contribution >= 0.6 is 11.3 Å². The van der Waals surface area contributed by atoms with Crippen molar-refractivity contribution in [1.82, 2.24) is 10.2 Å². The highest BCUT2D eigenvalue weighted by Crippen LogP contribution is 2.27. The summed E-state index contributed by atoms with van der Waals surface area (Å²) in [5.41, 5.74) is 6.40. The van der Waals surface area contributed by atoms with Gasteiger partial charge in [-0.2, -0.15) is 0 Å². The van der Waals surface area contributed by atoms with Crippen LogP contribution in [0.1, 0.15) is 23.5 Å². The Kier molecular flexibility index (Phi) is 4.47. The normalized spacial score (nSPS) is 12.1. The summed E-state index contributed by atoms with van der Waals surface area (Å²) >= 11 is 1.39. The third-order valence-electron chi connectivity index (χ3n) is 3.33. The van der Waals surface area contributed by atoms with Crippen LogP contribution in [0.15, 0.2) is 24.3 Å². The second-order valence-electron chi connectivity index (χ2n) is 4.96. The highest BCUT2D eigenvalue weighted by molar-refractivity contribution is 7.20. The molecule has 0 saturated carbocycles. The highest BCUT2D eigenvalue weighted by Gasteiger charge is 2.20. The summed E-state index contributed by atoms with van der Waals surface area (Å²) in [6, 6.07) is 6.79. The molecule has 112 valence electrons. The van der Waals surface area contributed by atoms with Gasteiger partial charge in [0.2, 0.25) is 5.91 Å². The standard InChI is InChI=1S/C15H19N3O2S/c1-4-18(3)15(20)9(2)17-14(19)13-8-10-7-11(16)5-6-12(10)21-13/h5-9H,4,16H2,1-3H3,(H,17,19). The van der Waals surface area contributed by atoms with Crippen molar-refractivity contribution in [2.45, 2.75) is 19.9 Å². The number of hydrogen-bond donors (Lipinski definition) is 2. The Labute approximate surface area is 127 Å². The molecule has 1 atom stereocenters. The van der Waals surface area contributed by atoms with Crippen LogP contribution < -0.4 is 11.1 Å². The molecule has 1 unspecified atom stereocenters. The Morgan fingerprint density at radius 1 is 1.38 bits per heavy atom.